The smallest absolute Gasteiger partial charge is 0.236 e. The van der Waals surface area contributed by atoms with E-state index in [1.54, 1.807) is 6.20 Å². The summed E-state index contributed by atoms with van der Waals surface area (Å²) in [6.07, 6.45) is 4.34. The van der Waals surface area contributed by atoms with E-state index in [9.17, 15) is 4.79 Å². The number of para-hydroxylation sites is 1. The second-order valence-electron chi connectivity index (χ2n) is 7.45. The van der Waals surface area contributed by atoms with Crippen molar-refractivity contribution in [3.05, 3.63) is 82.8 Å². The summed E-state index contributed by atoms with van der Waals surface area (Å²) in [5.74, 6) is -0.0197. The van der Waals surface area contributed by atoms with Crippen LogP contribution < -0.4 is 5.32 Å². The summed E-state index contributed by atoms with van der Waals surface area (Å²) in [6.45, 7) is 4.45. The largest absolute Gasteiger partial charge is 0.320 e. The van der Waals surface area contributed by atoms with Crippen molar-refractivity contribution >= 4 is 67.8 Å². The first-order valence-electron chi connectivity index (χ1n) is 10.4. The van der Waals surface area contributed by atoms with Crippen LogP contribution in [-0.2, 0) is 17.8 Å². The molecular weight excluding hydrogens is 488 g/mol. The summed E-state index contributed by atoms with van der Waals surface area (Å²) in [6, 6.07) is 15.7. The van der Waals surface area contributed by atoms with Gasteiger partial charge in [-0.05, 0) is 23.8 Å². The normalized spacial score (nSPS) is 11.2. The molecule has 0 saturated heterocycles. The number of thioether (sulfide) groups is 1. The van der Waals surface area contributed by atoms with E-state index in [1.807, 2.05) is 59.2 Å². The molecule has 7 nitrogen and oxygen atoms in total. The zero-order chi connectivity index (χ0) is 23.5. The molecule has 0 spiro atoms. The maximum atomic E-state index is 12.5. The van der Waals surface area contributed by atoms with Gasteiger partial charge < -0.3 is 9.88 Å². The van der Waals surface area contributed by atoms with Crippen LogP contribution in [0.25, 0.3) is 22.1 Å². The molecule has 0 aliphatic heterocycles. The van der Waals surface area contributed by atoms with E-state index >= 15 is 0 Å². The molecular formula is C24H19ClN6OS2. The minimum absolute atomic E-state index is 0.154. The van der Waals surface area contributed by atoms with Gasteiger partial charge in [-0.15, -0.1) is 28.1 Å². The van der Waals surface area contributed by atoms with E-state index in [0.29, 0.717) is 21.9 Å². The van der Waals surface area contributed by atoms with Gasteiger partial charge in [-0.25, -0.2) is 9.97 Å². The van der Waals surface area contributed by atoms with Crippen LogP contribution in [0.15, 0.2) is 72.5 Å². The second-order valence-corrected chi connectivity index (χ2v) is 9.95. The average molecular weight is 507 g/mol. The fourth-order valence-corrected chi connectivity index (χ4v) is 5.17. The number of rotatable bonds is 8. The van der Waals surface area contributed by atoms with E-state index in [4.69, 9.17) is 11.6 Å². The highest BCUT2D eigenvalue weighted by Crippen LogP contribution is 2.27. The summed E-state index contributed by atoms with van der Waals surface area (Å²) in [5.41, 5.74) is 3.63. The molecule has 0 saturated carbocycles. The number of anilines is 1. The van der Waals surface area contributed by atoms with Crippen LogP contribution in [0.1, 0.15) is 10.4 Å². The first kappa shape index (κ1) is 22.5. The van der Waals surface area contributed by atoms with Crippen molar-refractivity contribution in [3.8, 4) is 0 Å². The maximum Gasteiger partial charge on any atom is 0.236 e. The minimum atomic E-state index is -0.173. The molecule has 3 heterocycles. The molecule has 170 valence electrons. The number of thiazole rings is 1. The summed E-state index contributed by atoms with van der Waals surface area (Å²) in [5, 5.41) is 14.2. The van der Waals surface area contributed by atoms with Crippen molar-refractivity contribution < 1.29 is 4.79 Å². The molecule has 1 N–H and O–H groups in total. The van der Waals surface area contributed by atoms with Gasteiger partial charge in [-0.3, -0.25) is 4.79 Å². The molecule has 34 heavy (non-hydrogen) atoms. The van der Waals surface area contributed by atoms with Crippen molar-refractivity contribution in [2.45, 2.75) is 18.1 Å². The standard InChI is InChI=1S/C24H19ClN6OS2/c1-2-11-31-19-6-4-3-5-18(19)21-22(31)28-24(30-29-21)33-14-20(32)27-23-26-13-17(34-23)12-15-7-9-16(25)10-8-15/h2-10,13H,1,11-12,14H2,(H,26,27,32). The third-order valence-corrected chi connectivity index (χ3v) is 7.09. The molecule has 0 aliphatic carbocycles. The van der Waals surface area contributed by atoms with Gasteiger partial charge in [0.1, 0.15) is 5.52 Å². The van der Waals surface area contributed by atoms with Crippen molar-refractivity contribution in [3.63, 3.8) is 0 Å². The predicted octanol–water partition coefficient (Wildman–Crippen LogP) is 5.60. The Labute approximate surface area is 208 Å². The number of carbonyl (C=O) groups is 1. The number of benzene rings is 2. The lowest BCUT2D eigenvalue weighted by Gasteiger charge is -2.03. The number of hydrogen-bond donors (Lipinski definition) is 1. The van der Waals surface area contributed by atoms with Crippen molar-refractivity contribution in [1.29, 1.82) is 0 Å². The third-order valence-electron chi connectivity index (χ3n) is 5.09. The van der Waals surface area contributed by atoms with Gasteiger partial charge in [0, 0.05) is 34.4 Å². The van der Waals surface area contributed by atoms with E-state index < -0.39 is 0 Å². The van der Waals surface area contributed by atoms with Gasteiger partial charge in [0.05, 0.1) is 11.3 Å². The zero-order valence-corrected chi connectivity index (χ0v) is 20.3. The molecule has 1 amide bonds. The highest BCUT2D eigenvalue weighted by Gasteiger charge is 2.15. The Morgan fingerprint density at radius 3 is 2.82 bits per heavy atom. The Kier molecular flexibility index (Phi) is 6.57. The number of allylic oxidation sites excluding steroid dienone is 1. The fourth-order valence-electron chi connectivity index (χ4n) is 3.60. The van der Waals surface area contributed by atoms with E-state index in [1.165, 1.54) is 23.1 Å². The lowest BCUT2D eigenvalue weighted by atomic mass is 10.1. The fraction of sp³-hybridized carbons (Fsp3) is 0.125. The third kappa shape index (κ3) is 4.82. The molecule has 3 aromatic heterocycles. The van der Waals surface area contributed by atoms with E-state index in [0.717, 1.165) is 38.9 Å². The van der Waals surface area contributed by atoms with Gasteiger partial charge in [-0.2, -0.15) is 0 Å². The quantitative estimate of drug-likeness (QED) is 0.218. The highest BCUT2D eigenvalue weighted by molar-refractivity contribution is 7.99. The molecule has 0 radical (unpaired) electrons. The number of hydrogen-bond acceptors (Lipinski definition) is 7. The molecule has 5 rings (SSSR count). The lowest BCUT2D eigenvalue weighted by molar-refractivity contribution is -0.113. The van der Waals surface area contributed by atoms with E-state index in [2.05, 4.69) is 32.1 Å². The molecule has 0 bridgehead atoms. The summed E-state index contributed by atoms with van der Waals surface area (Å²) < 4.78 is 2.05. The SMILES string of the molecule is C=CCn1c2ccccc2c2nnc(SCC(=O)Nc3ncc(Cc4ccc(Cl)cc4)s3)nc21. The summed E-state index contributed by atoms with van der Waals surface area (Å²) >= 11 is 8.63. The van der Waals surface area contributed by atoms with Crippen molar-refractivity contribution in [2.24, 2.45) is 0 Å². The number of nitrogens with zero attached hydrogens (tertiary/aromatic N) is 5. The predicted molar refractivity (Wildman–Crippen MR) is 139 cm³/mol. The van der Waals surface area contributed by atoms with Crippen LogP contribution in [0, 0.1) is 0 Å². The number of nitrogens with one attached hydrogen (secondary N) is 1. The Morgan fingerprint density at radius 2 is 2.00 bits per heavy atom. The monoisotopic (exact) mass is 506 g/mol. The van der Waals surface area contributed by atoms with Crippen LogP contribution in [0.3, 0.4) is 0 Å². The van der Waals surface area contributed by atoms with Gasteiger partial charge >= 0.3 is 0 Å². The van der Waals surface area contributed by atoms with Crippen LogP contribution in [0.2, 0.25) is 5.02 Å². The Morgan fingerprint density at radius 1 is 1.18 bits per heavy atom. The average Bonchev–Trinajstić information content (AvgIpc) is 3.41. The van der Waals surface area contributed by atoms with E-state index in [-0.39, 0.29) is 11.7 Å². The van der Waals surface area contributed by atoms with Crippen LogP contribution in [0.5, 0.6) is 0 Å². The molecule has 2 aromatic carbocycles. The molecule has 0 aliphatic rings. The lowest BCUT2D eigenvalue weighted by Crippen LogP contribution is -2.14. The number of halogens is 1. The summed E-state index contributed by atoms with van der Waals surface area (Å²) in [7, 11) is 0. The van der Waals surface area contributed by atoms with Crippen molar-refractivity contribution in [2.75, 3.05) is 11.1 Å². The Bertz CT molecular complexity index is 1490. The number of aromatic nitrogens is 5. The molecule has 10 heteroatoms. The molecule has 0 fully saturated rings. The van der Waals surface area contributed by atoms with Crippen LogP contribution >= 0.6 is 34.7 Å². The molecule has 0 unspecified atom stereocenters. The number of amides is 1. The Hall–Kier alpha value is -3.27. The number of fused-ring (bicyclic) bond motifs is 3. The zero-order valence-electron chi connectivity index (χ0n) is 17.9. The van der Waals surface area contributed by atoms with Gasteiger partial charge in [0.15, 0.2) is 10.8 Å². The van der Waals surface area contributed by atoms with Crippen molar-refractivity contribution in [1.82, 2.24) is 24.7 Å². The maximum absolute atomic E-state index is 12.5. The van der Waals surface area contributed by atoms with Crippen LogP contribution in [0.4, 0.5) is 5.13 Å². The number of carbonyl (C=O) groups excluding carboxylic acids is 1. The minimum Gasteiger partial charge on any atom is -0.320 e. The summed E-state index contributed by atoms with van der Waals surface area (Å²) in [4.78, 5) is 22.5. The van der Waals surface area contributed by atoms with Gasteiger partial charge in [0.25, 0.3) is 0 Å². The molecule has 5 aromatic rings. The topological polar surface area (TPSA) is 85.6 Å². The highest BCUT2D eigenvalue weighted by atomic mass is 35.5. The van der Waals surface area contributed by atoms with Crippen LogP contribution in [-0.4, -0.2) is 36.4 Å². The first-order chi connectivity index (χ1) is 16.6. The molecule has 0 atom stereocenters. The van der Waals surface area contributed by atoms with Gasteiger partial charge in [0.2, 0.25) is 11.1 Å². The first-order valence-corrected chi connectivity index (χ1v) is 12.6. The second kappa shape index (κ2) is 9.92. The Balaban J connectivity index is 1.25. The van der Waals surface area contributed by atoms with Gasteiger partial charge in [-0.1, -0.05) is 59.8 Å².